The van der Waals surface area contributed by atoms with Crippen molar-refractivity contribution in [2.75, 3.05) is 7.05 Å². The molecule has 0 saturated carbocycles. The van der Waals surface area contributed by atoms with Gasteiger partial charge in [-0.15, -0.1) is 11.3 Å². The number of thiocarbonyl (C=S) groups is 1. The molecule has 5 heteroatoms. The predicted molar refractivity (Wildman–Crippen MR) is 96.1 cm³/mol. The Hall–Kier alpha value is -1.10. The second-order valence-corrected chi connectivity index (χ2v) is 6.80. The van der Waals surface area contributed by atoms with E-state index in [1.165, 1.54) is 10.4 Å². The predicted octanol–water partition coefficient (Wildman–Crippen LogP) is 4.34. The third-order valence-electron chi connectivity index (χ3n) is 3.35. The lowest BCUT2D eigenvalue weighted by molar-refractivity contribution is 0.319. The van der Waals surface area contributed by atoms with Crippen molar-refractivity contribution in [3.63, 3.8) is 0 Å². The number of nitrogens with zero attached hydrogens (tertiary/aromatic N) is 1. The highest BCUT2D eigenvalue weighted by atomic mass is 35.5. The SMILES string of the molecule is CNC(=S)N(Cc1ccc(Cl)cc1)[C@H](C)Cc1cccs1. The number of benzene rings is 1. The maximum absolute atomic E-state index is 5.95. The van der Waals surface area contributed by atoms with Crippen molar-refractivity contribution in [3.8, 4) is 0 Å². The molecule has 0 aliphatic rings. The monoisotopic (exact) mass is 338 g/mol. The summed E-state index contributed by atoms with van der Waals surface area (Å²) in [5.41, 5.74) is 1.20. The van der Waals surface area contributed by atoms with Crippen LogP contribution in [-0.4, -0.2) is 23.1 Å². The van der Waals surface area contributed by atoms with Gasteiger partial charge in [0.05, 0.1) is 0 Å². The largest absolute Gasteiger partial charge is 0.366 e. The van der Waals surface area contributed by atoms with E-state index in [0.717, 1.165) is 23.1 Å². The molecular formula is C16H19ClN2S2. The fraction of sp³-hybridized carbons (Fsp3) is 0.312. The summed E-state index contributed by atoms with van der Waals surface area (Å²) < 4.78 is 0. The van der Waals surface area contributed by atoms with Gasteiger partial charge in [0.15, 0.2) is 5.11 Å². The first kappa shape index (κ1) is 16.3. The van der Waals surface area contributed by atoms with Gasteiger partial charge in [-0.05, 0) is 48.3 Å². The number of thiophene rings is 1. The number of hydrogen-bond donors (Lipinski definition) is 1. The maximum atomic E-state index is 5.95. The van der Waals surface area contributed by atoms with E-state index in [1.807, 2.05) is 31.3 Å². The van der Waals surface area contributed by atoms with E-state index in [2.05, 4.69) is 34.7 Å². The normalized spacial score (nSPS) is 12.0. The molecule has 0 radical (unpaired) electrons. The van der Waals surface area contributed by atoms with Crippen LogP contribution in [0.3, 0.4) is 0 Å². The molecule has 2 nitrogen and oxygen atoms in total. The average Bonchev–Trinajstić information content (AvgIpc) is 2.98. The summed E-state index contributed by atoms with van der Waals surface area (Å²) in [5, 5.41) is 6.73. The summed E-state index contributed by atoms with van der Waals surface area (Å²) in [6.45, 7) is 2.99. The average molecular weight is 339 g/mol. The summed E-state index contributed by atoms with van der Waals surface area (Å²) in [7, 11) is 1.87. The van der Waals surface area contributed by atoms with Crippen LogP contribution < -0.4 is 5.32 Å². The summed E-state index contributed by atoms with van der Waals surface area (Å²) in [4.78, 5) is 3.60. The van der Waals surface area contributed by atoms with Crippen LogP contribution in [0.1, 0.15) is 17.4 Å². The molecular weight excluding hydrogens is 320 g/mol. The Balaban J connectivity index is 2.10. The minimum absolute atomic E-state index is 0.333. The lowest BCUT2D eigenvalue weighted by atomic mass is 10.1. The zero-order valence-corrected chi connectivity index (χ0v) is 14.6. The summed E-state index contributed by atoms with van der Waals surface area (Å²) >= 11 is 13.2. The molecule has 1 aromatic carbocycles. The van der Waals surface area contributed by atoms with E-state index >= 15 is 0 Å². The molecule has 0 bridgehead atoms. The van der Waals surface area contributed by atoms with E-state index in [0.29, 0.717) is 6.04 Å². The molecule has 1 N–H and O–H groups in total. The Morgan fingerprint density at radius 3 is 2.62 bits per heavy atom. The van der Waals surface area contributed by atoms with Crippen molar-refractivity contribution in [1.29, 1.82) is 0 Å². The number of halogens is 1. The van der Waals surface area contributed by atoms with Crippen molar-refractivity contribution < 1.29 is 0 Å². The number of nitrogens with one attached hydrogen (secondary N) is 1. The standard InChI is InChI=1S/C16H19ClN2S2/c1-12(10-15-4-3-9-21-15)19(16(20)18-2)11-13-5-7-14(17)8-6-13/h3-9,12H,10-11H2,1-2H3,(H,18,20)/t12-/m1/s1. The van der Waals surface area contributed by atoms with Gasteiger partial charge in [-0.2, -0.15) is 0 Å². The minimum atomic E-state index is 0.333. The lowest BCUT2D eigenvalue weighted by Crippen LogP contribution is -2.43. The maximum Gasteiger partial charge on any atom is 0.169 e. The third kappa shape index (κ3) is 4.70. The van der Waals surface area contributed by atoms with Crippen molar-refractivity contribution in [2.24, 2.45) is 0 Å². The van der Waals surface area contributed by atoms with Crippen LogP contribution in [0.4, 0.5) is 0 Å². The molecule has 0 amide bonds. The lowest BCUT2D eigenvalue weighted by Gasteiger charge is -2.31. The molecule has 2 rings (SSSR count). The first-order valence-corrected chi connectivity index (χ1v) is 8.52. The van der Waals surface area contributed by atoms with Crippen LogP contribution in [0.25, 0.3) is 0 Å². The topological polar surface area (TPSA) is 15.3 Å². The van der Waals surface area contributed by atoms with E-state index in [-0.39, 0.29) is 0 Å². The summed E-state index contributed by atoms with van der Waals surface area (Å²) in [6.07, 6.45) is 0.993. The first-order valence-electron chi connectivity index (χ1n) is 6.85. The van der Waals surface area contributed by atoms with Gasteiger partial charge in [0.2, 0.25) is 0 Å². The third-order valence-corrected chi connectivity index (χ3v) is 4.94. The van der Waals surface area contributed by atoms with Crippen molar-refractivity contribution in [1.82, 2.24) is 10.2 Å². The Morgan fingerprint density at radius 2 is 2.05 bits per heavy atom. The molecule has 0 fully saturated rings. The molecule has 0 saturated heterocycles. The van der Waals surface area contributed by atoms with Gasteiger partial charge in [0.1, 0.15) is 0 Å². The van der Waals surface area contributed by atoms with Crippen molar-refractivity contribution in [2.45, 2.75) is 25.9 Å². The molecule has 21 heavy (non-hydrogen) atoms. The Labute approximate surface area is 140 Å². The molecule has 1 heterocycles. The number of hydrogen-bond acceptors (Lipinski definition) is 2. The molecule has 0 spiro atoms. The highest BCUT2D eigenvalue weighted by Gasteiger charge is 2.17. The van der Waals surface area contributed by atoms with Crippen LogP contribution in [0.2, 0.25) is 5.02 Å². The second kappa shape index (κ2) is 7.78. The number of rotatable bonds is 5. The van der Waals surface area contributed by atoms with E-state index in [9.17, 15) is 0 Å². The Bertz CT molecular complexity index is 566. The van der Waals surface area contributed by atoms with Crippen molar-refractivity contribution in [3.05, 3.63) is 57.2 Å². The molecule has 1 atom stereocenters. The van der Waals surface area contributed by atoms with E-state index in [1.54, 1.807) is 11.3 Å². The van der Waals surface area contributed by atoms with Crippen LogP contribution in [-0.2, 0) is 13.0 Å². The van der Waals surface area contributed by atoms with Gasteiger partial charge in [0, 0.05) is 36.0 Å². The Kier molecular flexibility index (Phi) is 6.03. The smallest absolute Gasteiger partial charge is 0.169 e. The second-order valence-electron chi connectivity index (χ2n) is 4.94. The van der Waals surface area contributed by atoms with Crippen LogP contribution in [0, 0.1) is 0 Å². The molecule has 0 aliphatic heterocycles. The first-order chi connectivity index (χ1) is 10.1. The van der Waals surface area contributed by atoms with Gasteiger partial charge < -0.3 is 10.2 Å². The van der Waals surface area contributed by atoms with Gasteiger partial charge in [-0.25, -0.2) is 0 Å². The summed E-state index contributed by atoms with van der Waals surface area (Å²) in [5.74, 6) is 0. The highest BCUT2D eigenvalue weighted by molar-refractivity contribution is 7.80. The highest BCUT2D eigenvalue weighted by Crippen LogP contribution is 2.18. The molecule has 1 aromatic heterocycles. The van der Waals surface area contributed by atoms with E-state index < -0.39 is 0 Å². The zero-order chi connectivity index (χ0) is 15.2. The van der Waals surface area contributed by atoms with Gasteiger partial charge in [-0.3, -0.25) is 0 Å². The van der Waals surface area contributed by atoms with Gasteiger partial charge >= 0.3 is 0 Å². The molecule has 112 valence electrons. The van der Waals surface area contributed by atoms with Crippen LogP contribution >= 0.6 is 35.2 Å². The van der Waals surface area contributed by atoms with Gasteiger partial charge in [0.25, 0.3) is 0 Å². The van der Waals surface area contributed by atoms with Crippen LogP contribution in [0.15, 0.2) is 41.8 Å². The minimum Gasteiger partial charge on any atom is -0.366 e. The van der Waals surface area contributed by atoms with E-state index in [4.69, 9.17) is 23.8 Å². The summed E-state index contributed by atoms with van der Waals surface area (Å²) in [6, 6.07) is 12.5. The molecule has 0 aliphatic carbocycles. The zero-order valence-electron chi connectivity index (χ0n) is 12.2. The van der Waals surface area contributed by atoms with Crippen LogP contribution in [0.5, 0.6) is 0 Å². The van der Waals surface area contributed by atoms with Crippen molar-refractivity contribution >= 4 is 40.3 Å². The molecule has 2 aromatic rings. The fourth-order valence-electron chi connectivity index (χ4n) is 2.19. The fourth-order valence-corrected chi connectivity index (χ4v) is 3.38. The Morgan fingerprint density at radius 1 is 1.33 bits per heavy atom. The molecule has 0 unspecified atom stereocenters. The quantitative estimate of drug-likeness (QED) is 0.816. The van der Waals surface area contributed by atoms with Gasteiger partial charge in [-0.1, -0.05) is 29.8 Å².